The fraction of sp³-hybridized carbons (Fsp3) is 0.348. The monoisotopic (exact) mass is 427 g/mol. The molecule has 2 aromatic carbocycles. The Balaban J connectivity index is 1.96. The molecule has 4 rings (SSSR count). The molecule has 7 heteroatoms. The van der Waals surface area contributed by atoms with E-state index in [4.69, 9.17) is 14.2 Å². The van der Waals surface area contributed by atoms with E-state index in [1.807, 2.05) is 24.3 Å². The fourth-order valence-corrected chi connectivity index (χ4v) is 5.34. The summed E-state index contributed by atoms with van der Waals surface area (Å²) in [7, 11) is 4.80. The second-order valence-electron chi connectivity index (χ2n) is 7.27. The van der Waals surface area contributed by atoms with Crippen molar-refractivity contribution in [2.45, 2.75) is 24.9 Å². The molecule has 2 heterocycles. The molecule has 0 spiro atoms. The van der Waals surface area contributed by atoms with Crippen molar-refractivity contribution in [3.63, 3.8) is 0 Å². The molecule has 1 aliphatic heterocycles. The van der Waals surface area contributed by atoms with E-state index in [2.05, 4.69) is 22.4 Å². The summed E-state index contributed by atoms with van der Waals surface area (Å²) in [6.45, 7) is 0.698. The number of carboxylic acids is 1. The Morgan fingerprint density at radius 1 is 1.07 bits per heavy atom. The van der Waals surface area contributed by atoms with Gasteiger partial charge in [-0.2, -0.15) is 0 Å². The summed E-state index contributed by atoms with van der Waals surface area (Å²) in [5.41, 5.74) is 1.95. The number of aliphatic carboxylic acids is 1. The number of nitrogens with zero attached hydrogens (tertiary/aromatic N) is 1. The number of ether oxygens (including phenoxy) is 3. The Kier molecular flexibility index (Phi) is 5.83. The topological polar surface area (TPSA) is 68.2 Å². The Hall–Kier alpha value is -2.77. The van der Waals surface area contributed by atoms with Crippen molar-refractivity contribution in [2.24, 2.45) is 0 Å². The standard InChI is InChI=1S/C23H25NO5S/c1-27-18-12-20(29-3)19(28-2)11-15(18)22(24-10-6-8-17(24)23(25)26)16-13-30-21-9-5-4-7-14(16)21/h4-5,7,9,11-13,17,22H,6,8,10H2,1-3H3,(H,25,26). The van der Waals surface area contributed by atoms with Gasteiger partial charge in [0.1, 0.15) is 11.8 Å². The van der Waals surface area contributed by atoms with Gasteiger partial charge < -0.3 is 19.3 Å². The maximum absolute atomic E-state index is 12.0. The molecule has 1 N–H and O–H groups in total. The molecule has 3 aromatic rings. The van der Waals surface area contributed by atoms with Gasteiger partial charge in [0.15, 0.2) is 11.5 Å². The van der Waals surface area contributed by atoms with E-state index in [1.165, 1.54) is 4.70 Å². The van der Waals surface area contributed by atoms with Crippen LogP contribution in [0.3, 0.4) is 0 Å². The molecule has 0 amide bonds. The van der Waals surface area contributed by atoms with Crippen molar-refractivity contribution in [1.29, 1.82) is 0 Å². The summed E-state index contributed by atoms with van der Waals surface area (Å²) in [4.78, 5) is 14.1. The van der Waals surface area contributed by atoms with E-state index >= 15 is 0 Å². The van der Waals surface area contributed by atoms with E-state index in [-0.39, 0.29) is 6.04 Å². The summed E-state index contributed by atoms with van der Waals surface area (Å²) in [5.74, 6) is 1.01. The minimum absolute atomic E-state index is 0.278. The predicted octanol–water partition coefficient (Wildman–Crippen LogP) is 4.57. The number of thiophene rings is 1. The second kappa shape index (κ2) is 8.53. The highest BCUT2D eigenvalue weighted by molar-refractivity contribution is 7.17. The van der Waals surface area contributed by atoms with Crippen LogP contribution in [-0.2, 0) is 4.79 Å². The average Bonchev–Trinajstić information content (AvgIpc) is 3.42. The van der Waals surface area contributed by atoms with Crippen LogP contribution in [0.25, 0.3) is 10.1 Å². The lowest BCUT2D eigenvalue weighted by atomic mass is 9.94. The van der Waals surface area contributed by atoms with Gasteiger partial charge in [-0.15, -0.1) is 11.3 Å². The van der Waals surface area contributed by atoms with Crippen LogP contribution in [0, 0.1) is 0 Å². The van der Waals surface area contributed by atoms with Crippen LogP contribution in [0.15, 0.2) is 41.8 Å². The maximum atomic E-state index is 12.0. The van der Waals surface area contributed by atoms with Crippen LogP contribution in [0.2, 0.25) is 0 Å². The molecule has 1 fully saturated rings. The van der Waals surface area contributed by atoms with Crippen molar-refractivity contribution in [2.75, 3.05) is 27.9 Å². The van der Waals surface area contributed by atoms with Crippen molar-refractivity contribution < 1.29 is 24.1 Å². The van der Waals surface area contributed by atoms with Gasteiger partial charge in [-0.1, -0.05) is 18.2 Å². The zero-order valence-corrected chi connectivity index (χ0v) is 18.1. The predicted molar refractivity (Wildman–Crippen MR) is 117 cm³/mol. The molecule has 2 unspecified atom stereocenters. The Morgan fingerprint density at radius 2 is 1.77 bits per heavy atom. The summed E-state index contributed by atoms with van der Waals surface area (Å²) in [5, 5.41) is 13.1. The Labute approximate surface area is 179 Å². The number of fused-ring (bicyclic) bond motifs is 1. The lowest BCUT2D eigenvalue weighted by Crippen LogP contribution is -2.39. The first kappa shape index (κ1) is 20.5. The van der Waals surface area contributed by atoms with Crippen LogP contribution in [0.5, 0.6) is 17.2 Å². The van der Waals surface area contributed by atoms with Gasteiger partial charge >= 0.3 is 5.97 Å². The molecular weight excluding hydrogens is 402 g/mol. The van der Waals surface area contributed by atoms with Gasteiger partial charge in [-0.25, -0.2) is 0 Å². The van der Waals surface area contributed by atoms with Gasteiger partial charge in [-0.05, 0) is 41.3 Å². The molecular formula is C23H25NO5S. The molecule has 0 radical (unpaired) electrons. The summed E-state index contributed by atoms with van der Waals surface area (Å²) in [6, 6.07) is 11.1. The molecule has 30 heavy (non-hydrogen) atoms. The zero-order valence-electron chi connectivity index (χ0n) is 17.3. The molecule has 2 atom stereocenters. The van der Waals surface area contributed by atoms with Crippen LogP contribution in [0.4, 0.5) is 0 Å². The third-order valence-corrected chi connectivity index (χ3v) is 6.73. The minimum Gasteiger partial charge on any atom is -0.496 e. The maximum Gasteiger partial charge on any atom is 0.320 e. The number of likely N-dealkylation sites (tertiary alicyclic amines) is 1. The van der Waals surface area contributed by atoms with E-state index in [0.29, 0.717) is 30.2 Å². The highest BCUT2D eigenvalue weighted by atomic mass is 32.1. The van der Waals surface area contributed by atoms with Gasteiger partial charge in [-0.3, -0.25) is 9.69 Å². The highest BCUT2D eigenvalue weighted by Crippen LogP contribution is 2.46. The number of benzene rings is 2. The average molecular weight is 428 g/mol. The largest absolute Gasteiger partial charge is 0.496 e. The zero-order chi connectivity index (χ0) is 21.3. The van der Waals surface area contributed by atoms with Crippen LogP contribution in [-0.4, -0.2) is 49.9 Å². The third kappa shape index (κ3) is 3.48. The minimum atomic E-state index is -0.795. The van der Waals surface area contributed by atoms with E-state index in [0.717, 1.165) is 22.9 Å². The first-order valence-electron chi connectivity index (χ1n) is 9.83. The lowest BCUT2D eigenvalue weighted by molar-refractivity contribution is -0.142. The Bertz CT molecular complexity index is 1060. The van der Waals surface area contributed by atoms with Gasteiger partial charge in [0.25, 0.3) is 0 Å². The van der Waals surface area contributed by atoms with E-state index in [1.54, 1.807) is 32.7 Å². The van der Waals surface area contributed by atoms with Crippen LogP contribution < -0.4 is 14.2 Å². The number of carbonyl (C=O) groups is 1. The molecule has 0 bridgehead atoms. The quantitative estimate of drug-likeness (QED) is 0.596. The number of methoxy groups -OCH3 is 3. The van der Waals surface area contributed by atoms with Crippen LogP contribution in [0.1, 0.15) is 30.0 Å². The first-order valence-corrected chi connectivity index (χ1v) is 10.7. The van der Waals surface area contributed by atoms with Gasteiger partial charge in [0.2, 0.25) is 0 Å². The lowest BCUT2D eigenvalue weighted by Gasteiger charge is -2.33. The SMILES string of the molecule is COc1cc(OC)c(C(c2csc3ccccc23)N2CCCC2C(=O)O)cc1OC. The van der Waals surface area contributed by atoms with Gasteiger partial charge in [0, 0.05) is 22.9 Å². The Morgan fingerprint density at radius 3 is 2.47 bits per heavy atom. The highest BCUT2D eigenvalue weighted by Gasteiger charge is 2.39. The molecule has 0 aliphatic carbocycles. The van der Waals surface area contributed by atoms with Crippen molar-refractivity contribution >= 4 is 27.4 Å². The normalized spacial score (nSPS) is 17.8. The molecule has 0 saturated carbocycles. The van der Waals surface area contributed by atoms with Gasteiger partial charge in [0.05, 0.1) is 27.4 Å². The van der Waals surface area contributed by atoms with Crippen molar-refractivity contribution in [3.05, 3.63) is 52.9 Å². The molecule has 158 valence electrons. The van der Waals surface area contributed by atoms with E-state index < -0.39 is 12.0 Å². The first-order chi connectivity index (χ1) is 14.6. The van der Waals surface area contributed by atoms with Crippen LogP contribution >= 0.6 is 11.3 Å². The molecule has 1 aliphatic rings. The summed E-state index contributed by atoms with van der Waals surface area (Å²) >= 11 is 1.67. The van der Waals surface area contributed by atoms with Crippen molar-refractivity contribution in [3.8, 4) is 17.2 Å². The van der Waals surface area contributed by atoms with Crippen molar-refractivity contribution in [1.82, 2.24) is 4.90 Å². The second-order valence-corrected chi connectivity index (χ2v) is 8.18. The summed E-state index contributed by atoms with van der Waals surface area (Å²) < 4.78 is 17.9. The number of hydrogen-bond acceptors (Lipinski definition) is 6. The van der Waals surface area contributed by atoms with E-state index in [9.17, 15) is 9.90 Å². The third-order valence-electron chi connectivity index (χ3n) is 5.75. The fourth-order valence-electron chi connectivity index (χ4n) is 4.36. The molecule has 1 aromatic heterocycles. The number of carboxylic acid groups (broad SMARTS) is 1. The molecule has 1 saturated heterocycles. The number of hydrogen-bond donors (Lipinski definition) is 1. The smallest absolute Gasteiger partial charge is 0.320 e. The summed E-state index contributed by atoms with van der Waals surface area (Å²) in [6.07, 6.45) is 1.47. The molecule has 6 nitrogen and oxygen atoms in total. The number of rotatable bonds is 7.